The molecule has 0 saturated carbocycles. The molecule has 158 valence electrons. The van der Waals surface area contributed by atoms with Crippen LogP contribution in [0.1, 0.15) is 11.1 Å². The quantitative estimate of drug-likeness (QED) is 0.516. The lowest BCUT2D eigenvalue weighted by Crippen LogP contribution is -2.52. The minimum absolute atomic E-state index is 1.44. The first kappa shape index (κ1) is 24.6. The Labute approximate surface area is 185 Å². The lowest BCUT2D eigenvalue weighted by Gasteiger charge is -2.32. The maximum Gasteiger partial charge on any atom is 0.0779 e. The molecule has 0 spiro atoms. The molecular formula is C25H42Si4. The largest absolute Gasteiger partial charge is 0.0779 e. The third kappa shape index (κ3) is 5.72. The van der Waals surface area contributed by atoms with Gasteiger partial charge in [-0.25, -0.2) is 0 Å². The van der Waals surface area contributed by atoms with Crippen LogP contribution in [0.2, 0.25) is 78.6 Å². The van der Waals surface area contributed by atoms with E-state index in [1.165, 1.54) is 11.1 Å². The molecule has 4 heteroatoms. The summed E-state index contributed by atoms with van der Waals surface area (Å²) in [6.45, 7) is 29.7. The third-order valence-electron chi connectivity index (χ3n) is 5.61. The summed E-state index contributed by atoms with van der Waals surface area (Å²) in [5.74, 6) is 0. The Hall–Kier alpha value is -0.692. The van der Waals surface area contributed by atoms with Crippen LogP contribution in [0.3, 0.4) is 0 Å². The Balaban J connectivity index is 2.88. The summed E-state index contributed by atoms with van der Waals surface area (Å²) in [6.07, 6.45) is 4.14. The van der Waals surface area contributed by atoms with E-state index < -0.39 is 32.3 Å². The predicted molar refractivity (Wildman–Crippen MR) is 146 cm³/mol. The van der Waals surface area contributed by atoms with Crippen LogP contribution in [0.15, 0.2) is 36.4 Å². The van der Waals surface area contributed by atoms with Gasteiger partial charge in [0.25, 0.3) is 0 Å². The Bertz CT molecular complexity index is 732. The molecule has 0 heterocycles. The zero-order valence-electron chi connectivity index (χ0n) is 21.0. The second kappa shape index (κ2) is 8.10. The van der Waals surface area contributed by atoms with Gasteiger partial charge in [0.1, 0.15) is 0 Å². The van der Waals surface area contributed by atoms with Crippen molar-refractivity contribution in [2.24, 2.45) is 0 Å². The van der Waals surface area contributed by atoms with Crippen molar-refractivity contribution in [2.75, 3.05) is 0 Å². The molecular weight excluding hydrogens is 413 g/mol. The fourth-order valence-electron chi connectivity index (χ4n) is 4.00. The van der Waals surface area contributed by atoms with Gasteiger partial charge in [-0.1, -0.05) is 136 Å². The van der Waals surface area contributed by atoms with Crippen LogP contribution in [0, 0.1) is 6.42 Å². The summed E-state index contributed by atoms with van der Waals surface area (Å²) in [7, 11) is -5.94. The predicted octanol–water partition coefficient (Wildman–Crippen LogP) is 5.35. The van der Waals surface area contributed by atoms with Gasteiger partial charge in [0.2, 0.25) is 0 Å². The second-order valence-corrected chi connectivity index (χ2v) is 32.7. The van der Waals surface area contributed by atoms with Gasteiger partial charge in [-0.05, 0) is 11.1 Å². The van der Waals surface area contributed by atoms with E-state index in [1.54, 1.807) is 20.7 Å². The highest BCUT2D eigenvalue weighted by Crippen LogP contribution is 2.19. The molecule has 0 fully saturated rings. The van der Waals surface area contributed by atoms with Gasteiger partial charge in [0.05, 0.1) is 32.3 Å². The number of hydrogen-bond acceptors (Lipinski definition) is 0. The van der Waals surface area contributed by atoms with E-state index in [4.69, 9.17) is 0 Å². The summed E-state index contributed by atoms with van der Waals surface area (Å²) in [5, 5.41) is 6.29. The maximum absolute atomic E-state index is 4.14. The normalized spacial score (nSPS) is 13.7. The van der Waals surface area contributed by atoms with E-state index >= 15 is 0 Å². The van der Waals surface area contributed by atoms with Crippen molar-refractivity contribution in [1.29, 1.82) is 0 Å². The molecule has 2 aromatic rings. The van der Waals surface area contributed by atoms with Crippen LogP contribution in [-0.4, -0.2) is 32.3 Å². The Morgan fingerprint density at radius 2 is 0.621 bits per heavy atom. The number of hydrogen-bond donors (Lipinski definition) is 0. The van der Waals surface area contributed by atoms with E-state index in [0.29, 0.717) is 0 Å². The first-order chi connectivity index (χ1) is 12.9. The first-order valence-corrected chi connectivity index (χ1v) is 25.0. The topological polar surface area (TPSA) is 0 Å². The maximum atomic E-state index is 4.14. The zero-order valence-corrected chi connectivity index (χ0v) is 25.0. The van der Waals surface area contributed by atoms with E-state index in [9.17, 15) is 0 Å². The van der Waals surface area contributed by atoms with Crippen molar-refractivity contribution in [2.45, 2.75) is 78.6 Å². The Morgan fingerprint density at radius 3 is 0.793 bits per heavy atom. The third-order valence-corrected chi connectivity index (χ3v) is 13.7. The van der Waals surface area contributed by atoms with Crippen LogP contribution >= 0.6 is 0 Å². The lowest BCUT2D eigenvalue weighted by molar-refractivity contribution is 1.47. The summed E-state index contributed by atoms with van der Waals surface area (Å²) in [6, 6.07) is 14.2. The van der Waals surface area contributed by atoms with Crippen LogP contribution in [-0.2, 0) is 0 Å². The highest BCUT2D eigenvalue weighted by molar-refractivity contribution is 6.93. The monoisotopic (exact) mass is 454 g/mol. The molecule has 0 amide bonds. The molecule has 0 N–H and O–H groups in total. The van der Waals surface area contributed by atoms with Crippen LogP contribution in [0.25, 0.3) is 0 Å². The second-order valence-electron chi connectivity index (χ2n) is 12.6. The van der Waals surface area contributed by atoms with E-state index in [-0.39, 0.29) is 0 Å². The summed E-state index contributed by atoms with van der Waals surface area (Å²) in [5.41, 5.74) is 2.88. The minimum atomic E-state index is -1.49. The number of benzene rings is 2. The molecule has 29 heavy (non-hydrogen) atoms. The fourth-order valence-corrected chi connectivity index (χ4v) is 10.4. The van der Waals surface area contributed by atoms with Gasteiger partial charge >= 0.3 is 0 Å². The average Bonchev–Trinajstić information content (AvgIpc) is 2.51. The van der Waals surface area contributed by atoms with Crippen molar-refractivity contribution in [3.63, 3.8) is 0 Å². The molecule has 2 aromatic carbocycles. The Kier molecular flexibility index (Phi) is 6.86. The molecule has 0 bridgehead atoms. The molecule has 0 atom stereocenters. The van der Waals surface area contributed by atoms with Gasteiger partial charge < -0.3 is 0 Å². The molecule has 0 unspecified atom stereocenters. The SMILES string of the molecule is C[Si](C)(C)c1cccc([Si](C)(C)C)c1[C]c1c([Si](C)(C)C)cccc1[Si](C)(C)C. The summed E-state index contributed by atoms with van der Waals surface area (Å²) < 4.78 is 0. The molecule has 0 aliphatic heterocycles. The van der Waals surface area contributed by atoms with E-state index in [0.717, 1.165) is 0 Å². The summed E-state index contributed by atoms with van der Waals surface area (Å²) in [4.78, 5) is 0. The standard InChI is InChI=1S/C25H42Si4/c1-26(2,3)22-15-13-16-23(27(4,5)6)20(22)19-21-24(28(7,8)9)17-14-18-25(21)29(10,11)12/h13-18H,1-12H3. The van der Waals surface area contributed by atoms with E-state index in [2.05, 4.69) is 121 Å². The molecule has 2 rings (SSSR count). The molecule has 2 radical (unpaired) electrons. The lowest BCUT2D eigenvalue weighted by atomic mass is 10.0. The van der Waals surface area contributed by atoms with Crippen LogP contribution in [0.4, 0.5) is 0 Å². The highest BCUT2D eigenvalue weighted by Gasteiger charge is 2.32. The van der Waals surface area contributed by atoms with Crippen molar-refractivity contribution in [3.8, 4) is 0 Å². The molecule has 0 aliphatic carbocycles. The fraction of sp³-hybridized carbons (Fsp3) is 0.480. The smallest absolute Gasteiger partial charge is 0.0656 e. The van der Waals surface area contributed by atoms with Gasteiger partial charge in [-0.2, -0.15) is 0 Å². The van der Waals surface area contributed by atoms with Crippen molar-refractivity contribution >= 4 is 53.0 Å². The van der Waals surface area contributed by atoms with Crippen molar-refractivity contribution in [1.82, 2.24) is 0 Å². The highest BCUT2D eigenvalue weighted by atomic mass is 28.3. The molecule has 0 nitrogen and oxygen atoms in total. The zero-order chi connectivity index (χ0) is 22.4. The van der Waals surface area contributed by atoms with Gasteiger partial charge in [-0.15, -0.1) is 0 Å². The van der Waals surface area contributed by atoms with Crippen LogP contribution in [0.5, 0.6) is 0 Å². The van der Waals surface area contributed by atoms with Gasteiger partial charge in [-0.3, -0.25) is 0 Å². The summed E-state index contributed by atoms with van der Waals surface area (Å²) >= 11 is 0. The number of rotatable bonds is 6. The van der Waals surface area contributed by atoms with Crippen LogP contribution < -0.4 is 20.7 Å². The van der Waals surface area contributed by atoms with Crippen molar-refractivity contribution in [3.05, 3.63) is 53.9 Å². The average molecular weight is 455 g/mol. The molecule has 0 saturated heterocycles. The van der Waals surface area contributed by atoms with Gasteiger partial charge in [0, 0.05) is 6.42 Å². The van der Waals surface area contributed by atoms with Crippen molar-refractivity contribution < 1.29 is 0 Å². The first-order valence-electron chi connectivity index (χ1n) is 11.0. The molecule has 0 aromatic heterocycles. The van der Waals surface area contributed by atoms with E-state index in [1.807, 2.05) is 0 Å². The molecule has 0 aliphatic rings. The minimum Gasteiger partial charge on any atom is -0.0656 e. The van der Waals surface area contributed by atoms with Gasteiger partial charge in [0.15, 0.2) is 0 Å². The Morgan fingerprint density at radius 1 is 0.414 bits per heavy atom.